The van der Waals surface area contributed by atoms with Crippen LogP contribution < -0.4 is 15.4 Å². The number of carbonyl (C=O) groups excluding carboxylic acids is 2. The highest BCUT2D eigenvalue weighted by Gasteiger charge is 2.26. The Hall–Kier alpha value is -2.04. The fraction of sp³-hybridized carbons (Fsp3) is 0.556. The summed E-state index contributed by atoms with van der Waals surface area (Å²) in [6, 6.07) is 7.88. The van der Waals surface area contributed by atoms with Gasteiger partial charge in [-0.05, 0) is 50.3 Å². The molecule has 5 nitrogen and oxygen atoms in total. The normalized spacial score (nSPS) is 18.7. The van der Waals surface area contributed by atoms with Gasteiger partial charge in [-0.25, -0.2) is 0 Å². The van der Waals surface area contributed by atoms with Crippen molar-refractivity contribution in [2.75, 3.05) is 6.61 Å². The molecule has 2 fully saturated rings. The molecule has 0 aliphatic heterocycles. The number of ether oxygens (including phenoxy) is 1. The average molecular weight is 316 g/mol. The van der Waals surface area contributed by atoms with Crippen LogP contribution >= 0.6 is 0 Å². The van der Waals surface area contributed by atoms with E-state index in [0.717, 1.165) is 37.7 Å². The van der Waals surface area contributed by atoms with Crippen LogP contribution in [0.3, 0.4) is 0 Å². The van der Waals surface area contributed by atoms with E-state index in [-0.39, 0.29) is 30.4 Å². The molecule has 0 aromatic heterocycles. The summed E-state index contributed by atoms with van der Waals surface area (Å²) in [6.45, 7) is 2.03. The standard InChI is InChI=1S/C18H24N2O3/c1-12(19-18(22)14-3-2-4-14)13-5-9-16(10-6-13)23-11-17(21)20-15-7-8-15/h5-6,9-10,12,14-15H,2-4,7-8,11H2,1H3,(H,19,22)(H,20,21)/t12-/m1/s1. The first-order chi connectivity index (χ1) is 11.1. The average Bonchev–Trinajstić information content (AvgIpc) is 3.27. The first kappa shape index (κ1) is 15.8. The quantitative estimate of drug-likeness (QED) is 0.811. The summed E-state index contributed by atoms with van der Waals surface area (Å²) in [5, 5.41) is 5.94. The second-order valence-corrected chi connectivity index (χ2v) is 6.56. The number of carbonyl (C=O) groups is 2. The van der Waals surface area contributed by atoms with E-state index in [1.54, 1.807) is 0 Å². The van der Waals surface area contributed by atoms with Gasteiger partial charge in [-0.3, -0.25) is 9.59 Å². The van der Waals surface area contributed by atoms with Crippen LogP contribution in [0, 0.1) is 5.92 Å². The minimum atomic E-state index is -0.0716. The van der Waals surface area contributed by atoms with Crippen molar-refractivity contribution in [3.05, 3.63) is 29.8 Å². The highest BCUT2D eigenvalue weighted by Crippen LogP contribution is 2.27. The van der Waals surface area contributed by atoms with Gasteiger partial charge in [0, 0.05) is 12.0 Å². The van der Waals surface area contributed by atoms with Crippen molar-refractivity contribution in [2.45, 2.75) is 51.1 Å². The van der Waals surface area contributed by atoms with Gasteiger partial charge in [0.2, 0.25) is 5.91 Å². The molecule has 0 spiro atoms. The zero-order valence-electron chi connectivity index (χ0n) is 13.5. The topological polar surface area (TPSA) is 67.4 Å². The van der Waals surface area contributed by atoms with Crippen LogP contribution in [-0.4, -0.2) is 24.5 Å². The smallest absolute Gasteiger partial charge is 0.258 e. The third-order valence-corrected chi connectivity index (χ3v) is 4.53. The van der Waals surface area contributed by atoms with Crippen LogP contribution in [0.15, 0.2) is 24.3 Å². The summed E-state index contributed by atoms with van der Waals surface area (Å²) < 4.78 is 5.48. The number of rotatable bonds is 7. The lowest BCUT2D eigenvalue weighted by Crippen LogP contribution is -2.35. The summed E-state index contributed by atoms with van der Waals surface area (Å²) in [5.41, 5.74) is 1.03. The second kappa shape index (κ2) is 7.02. The fourth-order valence-corrected chi connectivity index (χ4v) is 2.58. The maximum Gasteiger partial charge on any atom is 0.258 e. The maximum atomic E-state index is 12.0. The van der Waals surface area contributed by atoms with Gasteiger partial charge in [0.15, 0.2) is 6.61 Å². The third-order valence-electron chi connectivity index (χ3n) is 4.53. The summed E-state index contributed by atoms with van der Waals surface area (Å²) in [5.74, 6) is 0.945. The van der Waals surface area contributed by atoms with Crippen molar-refractivity contribution in [3.8, 4) is 5.75 Å². The molecule has 1 aromatic rings. The summed E-state index contributed by atoms with van der Waals surface area (Å²) in [7, 11) is 0. The predicted molar refractivity (Wildman–Crippen MR) is 87.0 cm³/mol. The number of benzene rings is 1. The van der Waals surface area contributed by atoms with E-state index in [2.05, 4.69) is 10.6 Å². The Morgan fingerprint density at radius 3 is 2.43 bits per heavy atom. The van der Waals surface area contributed by atoms with Crippen molar-refractivity contribution in [1.29, 1.82) is 0 Å². The van der Waals surface area contributed by atoms with Gasteiger partial charge in [0.1, 0.15) is 5.75 Å². The van der Waals surface area contributed by atoms with E-state index in [4.69, 9.17) is 4.74 Å². The van der Waals surface area contributed by atoms with Crippen LogP contribution in [-0.2, 0) is 9.59 Å². The lowest BCUT2D eigenvalue weighted by molar-refractivity contribution is -0.128. The van der Waals surface area contributed by atoms with Crippen molar-refractivity contribution < 1.29 is 14.3 Å². The molecule has 0 bridgehead atoms. The molecule has 2 aliphatic rings. The largest absolute Gasteiger partial charge is 0.484 e. The second-order valence-electron chi connectivity index (χ2n) is 6.56. The Morgan fingerprint density at radius 1 is 1.17 bits per heavy atom. The zero-order chi connectivity index (χ0) is 16.2. The van der Waals surface area contributed by atoms with E-state index >= 15 is 0 Å². The Balaban J connectivity index is 1.45. The van der Waals surface area contributed by atoms with Gasteiger partial charge in [0.25, 0.3) is 5.91 Å². The summed E-state index contributed by atoms with van der Waals surface area (Å²) in [6.07, 6.45) is 5.32. The monoisotopic (exact) mass is 316 g/mol. The zero-order valence-corrected chi connectivity index (χ0v) is 13.5. The Kier molecular flexibility index (Phi) is 4.84. The highest BCUT2D eigenvalue weighted by molar-refractivity contribution is 5.79. The predicted octanol–water partition coefficient (Wildman–Crippen LogP) is 2.32. The van der Waals surface area contributed by atoms with Gasteiger partial charge in [-0.1, -0.05) is 18.6 Å². The number of nitrogens with one attached hydrogen (secondary N) is 2. The van der Waals surface area contributed by atoms with Gasteiger partial charge in [-0.15, -0.1) is 0 Å². The lowest BCUT2D eigenvalue weighted by Gasteiger charge is -2.26. The first-order valence-electron chi connectivity index (χ1n) is 8.44. The molecule has 0 heterocycles. The Morgan fingerprint density at radius 2 is 1.87 bits per heavy atom. The minimum absolute atomic E-state index is 0.0182. The van der Waals surface area contributed by atoms with Crippen LogP contribution in [0.2, 0.25) is 0 Å². The van der Waals surface area contributed by atoms with E-state index < -0.39 is 0 Å². The van der Waals surface area contributed by atoms with Gasteiger partial charge >= 0.3 is 0 Å². The molecule has 124 valence electrons. The molecule has 0 unspecified atom stereocenters. The van der Waals surface area contributed by atoms with Crippen molar-refractivity contribution in [1.82, 2.24) is 10.6 Å². The van der Waals surface area contributed by atoms with Crippen LogP contribution in [0.4, 0.5) is 0 Å². The molecular formula is C18H24N2O3. The van der Waals surface area contributed by atoms with Gasteiger partial charge < -0.3 is 15.4 Å². The van der Waals surface area contributed by atoms with Crippen LogP contribution in [0.1, 0.15) is 50.6 Å². The molecule has 2 amide bonds. The SMILES string of the molecule is C[C@@H](NC(=O)C1CCC1)c1ccc(OCC(=O)NC2CC2)cc1. The minimum Gasteiger partial charge on any atom is -0.484 e. The van der Waals surface area contributed by atoms with Gasteiger partial charge in [0.05, 0.1) is 6.04 Å². The van der Waals surface area contributed by atoms with Crippen LogP contribution in [0.5, 0.6) is 5.75 Å². The number of hydrogen-bond donors (Lipinski definition) is 2. The molecule has 0 radical (unpaired) electrons. The first-order valence-corrected chi connectivity index (χ1v) is 8.44. The van der Waals surface area contributed by atoms with E-state index in [1.807, 2.05) is 31.2 Å². The van der Waals surface area contributed by atoms with E-state index in [0.29, 0.717) is 11.8 Å². The summed E-state index contributed by atoms with van der Waals surface area (Å²) >= 11 is 0. The number of amides is 2. The Labute approximate surface area is 136 Å². The van der Waals surface area contributed by atoms with Gasteiger partial charge in [-0.2, -0.15) is 0 Å². The van der Waals surface area contributed by atoms with Crippen LogP contribution in [0.25, 0.3) is 0 Å². The molecule has 2 N–H and O–H groups in total. The highest BCUT2D eigenvalue weighted by atomic mass is 16.5. The molecule has 1 atom stereocenters. The number of hydrogen-bond acceptors (Lipinski definition) is 3. The molecule has 3 rings (SSSR count). The Bertz CT molecular complexity index is 562. The third kappa shape index (κ3) is 4.47. The van der Waals surface area contributed by atoms with E-state index in [1.165, 1.54) is 0 Å². The molecule has 23 heavy (non-hydrogen) atoms. The maximum absolute atomic E-state index is 12.0. The molecule has 1 aromatic carbocycles. The van der Waals surface area contributed by atoms with E-state index in [9.17, 15) is 9.59 Å². The summed E-state index contributed by atoms with van der Waals surface area (Å²) in [4.78, 5) is 23.5. The fourth-order valence-electron chi connectivity index (χ4n) is 2.58. The van der Waals surface area contributed by atoms with Crippen molar-refractivity contribution in [2.24, 2.45) is 5.92 Å². The van der Waals surface area contributed by atoms with Crippen molar-refractivity contribution in [3.63, 3.8) is 0 Å². The molecular weight excluding hydrogens is 292 g/mol. The molecule has 2 saturated carbocycles. The molecule has 2 aliphatic carbocycles. The molecule has 0 saturated heterocycles. The molecule has 5 heteroatoms. The van der Waals surface area contributed by atoms with Crippen molar-refractivity contribution >= 4 is 11.8 Å². The lowest BCUT2D eigenvalue weighted by atomic mass is 9.84.